The van der Waals surface area contributed by atoms with E-state index in [0.29, 0.717) is 17.1 Å². The lowest BCUT2D eigenvalue weighted by Gasteiger charge is -2.07. The molecule has 0 saturated heterocycles. The first-order chi connectivity index (χ1) is 9.58. The number of hydrogen-bond donors (Lipinski definition) is 2. The van der Waals surface area contributed by atoms with Gasteiger partial charge in [0.25, 0.3) is 5.91 Å². The van der Waals surface area contributed by atoms with Crippen molar-refractivity contribution in [1.82, 2.24) is 15.4 Å². The third-order valence-electron chi connectivity index (χ3n) is 2.45. The second kappa shape index (κ2) is 6.07. The highest BCUT2D eigenvalue weighted by Crippen LogP contribution is 2.19. The molecular weight excluding hydrogens is 263 g/mol. The van der Waals surface area contributed by atoms with E-state index in [1.807, 2.05) is 5.43 Å². The summed E-state index contributed by atoms with van der Waals surface area (Å²) in [5.74, 6) is 4.80. The van der Waals surface area contributed by atoms with E-state index in [0.717, 1.165) is 0 Å². The molecule has 0 aliphatic carbocycles. The van der Waals surface area contributed by atoms with Gasteiger partial charge in [0.15, 0.2) is 12.4 Å². The van der Waals surface area contributed by atoms with Crippen molar-refractivity contribution in [2.24, 2.45) is 5.84 Å². The Labute approximate surface area is 114 Å². The molecule has 104 valence electrons. The highest BCUT2D eigenvalue weighted by molar-refractivity contribution is 5.76. The molecule has 2 aromatic rings. The zero-order valence-corrected chi connectivity index (χ0v) is 10.8. The van der Waals surface area contributed by atoms with E-state index in [4.69, 9.17) is 10.6 Å². The fourth-order valence-electron chi connectivity index (χ4n) is 1.52. The largest absolute Gasteiger partial charge is 0.467 e. The number of nitrogens with zero attached hydrogens (tertiary/aromatic N) is 2. The Kier molecular flexibility index (Phi) is 4.21. The van der Waals surface area contributed by atoms with Crippen LogP contribution < -0.4 is 16.0 Å². The Morgan fingerprint density at radius 1 is 1.35 bits per heavy atom. The summed E-state index contributed by atoms with van der Waals surface area (Å²) in [5, 5.41) is 0. The number of nitrogens with two attached hydrogens (primary N) is 1. The van der Waals surface area contributed by atoms with Crippen LogP contribution in [0.25, 0.3) is 11.4 Å². The second-order valence-corrected chi connectivity index (χ2v) is 4.03. The molecule has 0 saturated carbocycles. The Morgan fingerprint density at radius 2 is 2.05 bits per heavy atom. The maximum Gasteiger partial charge on any atom is 0.271 e. The summed E-state index contributed by atoms with van der Waals surface area (Å²) < 4.78 is 18.1. The minimum absolute atomic E-state index is 0.240. The number of ether oxygens (including phenoxy) is 1. The molecule has 0 radical (unpaired) electrons. The summed E-state index contributed by atoms with van der Waals surface area (Å²) in [6.07, 6.45) is 0. The zero-order chi connectivity index (χ0) is 14.5. The van der Waals surface area contributed by atoms with Crippen LogP contribution in [0.1, 0.15) is 5.69 Å². The molecule has 2 rings (SSSR count). The van der Waals surface area contributed by atoms with E-state index in [1.165, 1.54) is 12.1 Å². The number of nitrogens with one attached hydrogen (secondary N) is 1. The maximum absolute atomic E-state index is 12.9. The predicted molar refractivity (Wildman–Crippen MR) is 70.0 cm³/mol. The molecule has 0 atom stereocenters. The van der Waals surface area contributed by atoms with Gasteiger partial charge in [-0.25, -0.2) is 15.2 Å². The van der Waals surface area contributed by atoms with Gasteiger partial charge in [0.05, 0.1) is 0 Å². The molecular formula is C13H13FN4O2. The molecule has 0 spiro atoms. The molecule has 1 heterocycles. The van der Waals surface area contributed by atoms with Crippen molar-refractivity contribution in [3.63, 3.8) is 0 Å². The number of aryl methyl sites for hydroxylation is 1. The molecule has 0 unspecified atom stereocenters. The molecule has 20 heavy (non-hydrogen) atoms. The predicted octanol–water partition coefficient (Wildman–Crippen LogP) is 0.960. The smallest absolute Gasteiger partial charge is 0.271 e. The summed E-state index contributed by atoms with van der Waals surface area (Å²) in [5.41, 5.74) is 3.28. The average Bonchev–Trinajstić information content (AvgIpc) is 2.45. The van der Waals surface area contributed by atoms with Crippen LogP contribution in [0.2, 0.25) is 0 Å². The van der Waals surface area contributed by atoms with Crippen LogP contribution in [0.15, 0.2) is 30.3 Å². The second-order valence-electron chi connectivity index (χ2n) is 4.03. The first kappa shape index (κ1) is 13.9. The van der Waals surface area contributed by atoms with Crippen molar-refractivity contribution in [2.45, 2.75) is 6.92 Å². The third-order valence-corrected chi connectivity index (χ3v) is 2.45. The number of benzene rings is 1. The summed E-state index contributed by atoms with van der Waals surface area (Å²) >= 11 is 0. The number of hydrogen-bond acceptors (Lipinski definition) is 5. The first-order valence-corrected chi connectivity index (χ1v) is 5.82. The van der Waals surface area contributed by atoms with Crippen LogP contribution in [0, 0.1) is 12.7 Å². The number of carbonyl (C=O) groups excluding carboxylic acids is 1. The maximum atomic E-state index is 12.9. The standard InChI is InChI=1S/C13H13FN4O2/c1-8-6-12(20-7-11(19)18-15)17-13(16-8)9-2-4-10(14)5-3-9/h2-6H,7,15H2,1H3,(H,18,19). The van der Waals surface area contributed by atoms with E-state index in [-0.39, 0.29) is 18.3 Å². The molecule has 0 bridgehead atoms. The molecule has 3 N–H and O–H groups in total. The zero-order valence-electron chi connectivity index (χ0n) is 10.8. The van der Waals surface area contributed by atoms with Crippen molar-refractivity contribution >= 4 is 5.91 Å². The van der Waals surface area contributed by atoms with Crippen molar-refractivity contribution in [3.8, 4) is 17.3 Å². The molecule has 7 heteroatoms. The molecule has 1 amide bonds. The third kappa shape index (κ3) is 3.48. The molecule has 6 nitrogen and oxygen atoms in total. The fraction of sp³-hybridized carbons (Fsp3) is 0.154. The van der Waals surface area contributed by atoms with Crippen molar-refractivity contribution in [3.05, 3.63) is 41.8 Å². The minimum Gasteiger partial charge on any atom is -0.467 e. The Balaban J connectivity index is 2.24. The SMILES string of the molecule is Cc1cc(OCC(=O)NN)nc(-c2ccc(F)cc2)n1. The number of hydrazine groups is 1. The monoisotopic (exact) mass is 276 g/mol. The van der Waals surface area contributed by atoms with E-state index < -0.39 is 5.91 Å². The van der Waals surface area contributed by atoms with E-state index in [9.17, 15) is 9.18 Å². The van der Waals surface area contributed by atoms with Gasteiger partial charge in [-0.2, -0.15) is 4.98 Å². The van der Waals surface area contributed by atoms with Gasteiger partial charge in [0.2, 0.25) is 5.88 Å². The normalized spacial score (nSPS) is 10.2. The number of halogens is 1. The van der Waals surface area contributed by atoms with Crippen molar-refractivity contribution in [1.29, 1.82) is 0 Å². The summed E-state index contributed by atoms with van der Waals surface area (Å²) in [6.45, 7) is 1.53. The lowest BCUT2D eigenvalue weighted by atomic mass is 10.2. The number of carbonyl (C=O) groups is 1. The summed E-state index contributed by atoms with van der Waals surface area (Å²) in [7, 11) is 0. The van der Waals surface area contributed by atoms with Gasteiger partial charge in [-0.15, -0.1) is 0 Å². The number of aromatic nitrogens is 2. The van der Waals surface area contributed by atoms with Crippen LogP contribution >= 0.6 is 0 Å². The molecule has 1 aromatic carbocycles. The first-order valence-electron chi connectivity index (χ1n) is 5.82. The Hall–Kier alpha value is -2.54. The Morgan fingerprint density at radius 3 is 2.70 bits per heavy atom. The lowest BCUT2D eigenvalue weighted by molar-refractivity contribution is -0.123. The summed E-state index contributed by atoms with van der Waals surface area (Å²) in [6, 6.07) is 7.38. The van der Waals surface area contributed by atoms with Gasteiger partial charge in [-0.3, -0.25) is 10.2 Å². The van der Waals surface area contributed by atoms with Gasteiger partial charge < -0.3 is 4.74 Å². The summed E-state index contributed by atoms with van der Waals surface area (Å²) in [4.78, 5) is 19.4. The molecule has 0 fully saturated rings. The van der Waals surface area contributed by atoms with Gasteiger partial charge in [-0.05, 0) is 31.2 Å². The molecule has 0 aliphatic heterocycles. The van der Waals surface area contributed by atoms with Crippen molar-refractivity contribution in [2.75, 3.05) is 6.61 Å². The van der Waals surface area contributed by atoms with Crippen LogP contribution in [-0.4, -0.2) is 22.5 Å². The quantitative estimate of drug-likeness (QED) is 0.493. The van der Waals surface area contributed by atoms with Gasteiger partial charge in [-0.1, -0.05) is 0 Å². The van der Waals surface area contributed by atoms with Crippen LogP contribution in [0.3, 0.4) is 0 Å². The van der Waals surface area contributed by atoms with Crippen LogP contribution in [0.4, 0.5) is 4.39 Å². The number of rotatable bonds is 4. The average molecular weight is 276 g/mol. The van der Waals surface area contributed by atoms with E-state index in [1.54, 1.807) is 25.1 Å². The molecule has 1 aromatic heterocycles. The Bertz CT molecular complexity index is 616. The van der Waals surface area contributed by atoms with Gasteiger partial charge >= 0.3 is 0 Å². The fourth-order valence-corrected chi connectivity index (χ4v) is 1.52. The topological polar surface area (TPSA) is 90.1 Å². The van der Waals surface area contributed by atoms with Gasteiger partial charge in [0, 0.05) is 17.3 Å². The van der Waals surface area contributed by atoms with Gasteiger partial charge in [0.1, 0.15) is 5.82 Å². The van der Waals surface area contributed by atoms with Crippen LogP contribution in [0.5, 0.6) is 5.88 Å². The molecule has 0 aliphatic rings. The highest BCUT2D eigenvalue weighted by atomic mass is 19.1. The minimum atomic E-state index is -0.468. The highest BCUT2D eigenvalue weighted by Gasteiger charge is 2.07. The van der Waals surface area contributed by atoms with Crippen molar-refractivity contribution < 1.29 is 13.9 Å². The number of amides is 1. The van der Waals surface area contributed by atoms with E-state index >= 15 is 0 Å². The van der Waals surface area contributed by atoms with E-state index in [2.05, 4.69) is 9.97 Å². The lowest BCUT2D eigenvalue weighted by Crippen LogP contribution is -2.34. The van der Waals surface area contributed by atoms with Crippen LogP contribution in [-0.2, 0) is 4.79 Å².